The van der Waals surface area contributed by atoms with Gasteiger partial charge in [0.1, 0.15) is 12.4 Å². The van der Waals surface area contributed by atoms with E-state index in [0.717, 1.165) is 39.0 Å². The third-order valence-electron chi connectivity index (χ3n) is 4.84. The van der Waals surface area contributed by atoms with Crippen molar-refractivity contribution in [2.24, 2.45) is 0 Å². The van der Waals surface area contributed by atoms with Crippen LogP contribution in [0.15, 0.2) is 97.6 Å². The van der Waals surface area contributed by atoms with Crippen LogP contribution in [0.3, 0.4) is 0 Å². The van der Waals surface area contributed by atoms with Gasteiger partial charge in [-0.3, -0.25) is 0 Å². The molecule has 4 rings (SSSR count). The van der Waals surface area contributed by atoms with Gasteiger partial charge in [-0.15, -0.1) is 0 Å². The predicted octanol–water partition coefficient (Wildman–Crippen LogP) is 6.81. The van der Waals surface area contributed by atoms with E-state index < -0.39 is 0 Å². The summed E-state index contributed by atoms with van der Waals surface area (Å²) in [7, 11) is 0. The summed E-state index contributed by atoms with van der Waals surface area (Å²) in [6.45, 7) is 6.87. The first-order chi connectivity index (χ1) is 13.7. The highest BCUT2D eigenvalue weighted by atomic mass is 16.5. The molecule has 0 heterocycles. The SMILES string of the molecule is C=C(Nc1ccccc1C)c1ccc2cc(OCc3ccccc3)ccc2c1. The number of hydrogen-bond acceptors (Lipinski definition) is 2. The molecule has 2 nitrogen and oxygen atoms in total. The number of nitrogens with one attached hydrogen (secondary N) is 1. The lowest BCUT2D eigenvalue weighted by Gasteiger charge is -2.13. The van der Waals surface area contributed by atoms with Crippen LogP contribution in [0.5, 0.6) is 5.75 Å². The molecule has 28 heavy (non-hydrogen) atoms. The fraction of sp³-hybridized carbons (Fsp3) is 0.0769. The number of ether oxygens (including phenoxy) is 1. The highest BCUT2D eigenvalue weighted by Crippen LogP contribution is 2.26. The molecular weight excluding hydrogens is 342 g/mol. The van der Waals surface area contributed by atoms with Crippen LogP contribution in [0, 0.1) is 6.92 Å². The molecule has 0 saturated heterocycles. The third kappa shape index (κ3) is 4.07. The van der Waals surface area contributed by atoms with Crippen LogP contribution in [-0.4, -0.2) is 0 Å². The third-order valence-corrected chi connectivity index (χ3v) is 4.84. The molecular formula is C26H23NO. The minimum Gasteiger partial charge on any atom is -0.489 e. The van der Waals surface area contributed by atoms with Crippen molar-refractivity contribution in [1.29, 1.82) is 0 Å². The fourth-order valence-electron chi connectivity index (χ4n) is 3.19. The maximum atomic E-state index is 5.94. The minimum absolute atomic E-state index is 0.571. The Kier molecular flexibility index (Phi) is 5.11. The van der Waals surface area contributed by atoms with Crippen LogP contribution >= 0.6 is 0 Å². The monoisotopic (exact) mass is 365 g/mol. The van der Waals surface area contributed by atoms with E-state index in [1.54, 1.807) is 0 Å². The van der Waals surface area contributed by atoms with Gasteiger partial charge in [-0.05, 0) is 58.7 Å². The molecule has 0 atom stereocenters. The van der Waals surface area contributed by atoms with Gasteiger partial charge in [-0.2, -0.15) is 0 Å². The van der Waals surface area contributed by atoms with E-state index in [2.05, 4.69) is 73.4 Å². The van der Waals surface area contributed by atoms with Crippen molar-refractivity contribution in [1.82, 2.24) is 0 Å². The van der Waals surface area contributed by atoms with Crippen molar-refractivity contribution >= 4 is 22.2 Å². The number of para-hydroxylation sites is 1. The molecule has 0 saturated carbocycles. The van der Waals surface area contributed by atoms with Crippen molar-refractivity contribution in [2.75, 3.05) is 5.32 Å². The van der Waals surface area contributed by atoms with E-state index in [1.165, 1.54) is 5.56 Å². The number of benzene rings is 4. The highest BCUT2D eigenvalue weighted by Gasteiger charge is 2.05. The van der Waals surface area contributed by atoms with E-state index in [9.17, 15) is 0 Å². The van der Waals surface area contributed by atoms with Crippen molar-refractivity contribution in [3.63, 3.8) is 0 Å². The predicted molar refractivity (Wildman–Crippen MR) is 119 cm³/mol. The lowest BCUT2D eigenvalue weighted by Crippen LogP contribution is -1.99. The van der Waals surface area contributed by atoms with Gasteiger partial charge in [0.25, 0.3) is 0 Å². The zero-order valence-corrected chi connectivity index (χ0v) is 16.0. The smallest absolute Gasteiger partial charge is 0.120 e. The second kappa shape index (κ2) is 8.01. The molecule has 0 aliphatic carbocycles. The first-order valence-electron chi connectivity index (χ1n) is 9.41. The van der Waals surface area contributed by atoms with Gasteiger partial charge in [0.2, 0.25) is 0 Å². The molecule has 1 N–H and O–H groups in total. The molecule has 0 aliphatic heterocycles. The van der Waals surface area contributed by atoms with Gasteiger partial charge >= 0.3 is 0 Å². The summed E-state index contributed by atoms with van der Waals surface area (Å²) in [5.41, 5.74) is 5.41. The number of aryl methyl sites for hydroxylation is 1. The Hall–Kier alpha value is -3.52. The van der Waals surface area contributed by atoms with Crippen LogP contribution in [0.1, 0.15) is 16.7 Å². The van der Waals surface area contributed by atoms with Gasteiger partial charge in [-0.25, -0.2) is 0 Å². The maximum absolute atomic E-state index is 5.94. The van der Waals surface area contributed by atoms with Crippen LogP contribution in [0.4, 0.5) is 5.69 Å². The minimum atomic E-state index is 0.571. The standard InChI is InChI=1S/C26H23NO/c1-19-8-6-7-11-26(19)27-20(2)22-12-13-24-17-25(15-14-23(24)16-22)28-18-21-9-4-3-5-10-21/h3-17,27H,2,18H2,1H3. The molecule has 0 radical (unpaired) electrons. The summed E-state index contributed by atoms with van der Waals surface area (Å²) in [6.07, 6.45) is 0. The van der Waals surface area contributed by atoms with E-state index in [1.807, 2.05) is 36.4 Å². The first kappa shape index (κ1) is 17.9. The highest BCUT2D eigenvalue weighted by molar-refractivity contribution is 5.89. The fourth-order valence-corrected chi connectivity index (χ4v) is 3.19. The van der Waals surface area contributed by atoms with Crippen molar-refractivity contribution in [2.45, 2.75) is 13.5 Å². The van der Waals surface area contributed by atoms with Gasteiger partial charge in [-0.1, -0.05) is 73.3 Å². The maximum Gasteiger partial charge on any atom is 0.120 e. The normalized spacial score (nSPS) is 10.6. The molecule has 0 bridgehead atoms. The quantitative estimate of drug-likeness (QED) is 0.405. The first-order valence-corrected chi connectivity index (χ1v) is 9.41. The second-order valence-corrected chi connectivity index (χ2v) is 6.92. The molecule has 0 spiro atoms. The molecule has 0 aliphatic rings. The molecule has 0 fully saturated rings. The Balaban J connectivity index is 1.50. The summed E-state index contributed by atoms with van der Waals surface area (Å²) in [6, 6.07) is 31.0. The molecule has 2 heteroatoms. The van der Waals surface area contributed by atoms with E-state index in [0.29, 0.717) is 6.61 Å². The van der Waals surface area contributed by atoms with E-state index >= 15 is 0 Å². The Morgan fingerprint density at radius 3 is 2.36 bits per heavy atom. The summed E-state index contributed by atoms with van der Waals surface area (Å²) in [4.78, 5) is 0. The summed E-state index contributed by atoms with van der Waals surface area (Å²) in [5, 5.41) is 5.74. The Morgan fingerprint density at radius 2 is 1.54 bits per heavy atom. The Labute approximate surface area is 166 Å². The summed E-state index contributed by atoms with van der Waals surface area (Å²) >= 11 is 0. The molecule has 0 aromatic heterocycles. The number of fused-ring (bicyclic) bond motifs is 1. The second-order valence-electron chi connectivity index (χ2n) is 6.92. The van der Waals surface area contributed by atoms with Crippen LogP contribution in [0.25, 0.3) is 16.5 Å². The van der Waals surface area contributed by atoms with E-state index in [-0.39, 0.29) is 0 Å². The molecule has 0 unspecified atom stereocenters. The largest absolute Gasteiger partial charge is 0.489 e. The number of rotatable bonds is 6. The van der Waals surface area contributed by atoms with Gasteiger partial charge in [0.05, 0.1) is 0 Å². The van der Waals surface area contributed by atoms with Crippen LogP contribution < -0.4 is 10.1 Å². The Morgan fingerprint density at radius 1 is 0.821 bits per heavy atom. The topological polar surface area (TPSA) is 21.3 Å². The Bertz CT molecular complexity index is 1120. The zero-order chi connectivity index (χ0) is 19.3. The molecule has 138 valence electrons. The summed E-state index contributed by atoms with van der Waals surface area (Å²) in [5.74, 6) is 0.876. The van der Waals surface area contributed by atoms with Gasteiger partial charge in [0, 0.05) is 11.4 Å². The van der Waals surface area contributed by atoms with Crippen molar-refractivity contribution < 1.29 is 4.74 Å². The molecule has 0 amide bonds. The van der Waals surface area contributed by atoms with Gasteiger partial charge < -0.3 is 10.1 Å². The van der Waals surface area contributed by atoms with Gasteiger partial charge in [0.15, 0.2) is 0 Å². The summed E-state index contributed by atoms with van der Waals surface area (Å²) < 4.78 is 5.94. The molecule has 4 aromatic rings. The zero-order valence-electron chi connectivity index (χ0n) is 16.0. The molecule has 4 aromatic carbocycles. The number of anilines is 1. The van der Waals surface area contributed by atoms with Crippen molar-refractivity contribution in [3.05, 3.63) is 114 Å². The number of hydrogen-bond donors (Lipinski definition) is 1. The lowest BCUT2D eigenvalue weighted by atomic mass is 10.0. The lowest BCUT2D eigenvalue weighted by molar-refractivity contribution is 0.306. The van der Waals surface area contributed by atoms with Crippen LogP contribution in [0.2, 0.25) is 0 Å². The van der Waals surface area contributed by atoms with Crippen LogP contribution in [-0.2, 0) is 6.61 Å². The average Bonchev–Trinajstić information content (AvgIpc) is 2.74. The van der Waals surface area contributed by atoms with E-state index in [4.69, 9.17) is 4.74 Å². The van der Waals surface area contributed by atoms with Crippen molar-refractivity contribution in [3.8, 4) is 5.75 Å². The average molecular weight is 365 g/mol.